The minimum Gasteiger partial charge on any atom is -0.779 e. The molecule has 0 unspecified atom stereocenters. The summed E-state index contributed by atoms with van der Waals surface area (Å²) in [7, 11) is 0. The van der Waals surface area contributed by atoms with E-state index in [1.165, 1.54) is 16.7 Å². The quantitative estimate of drug-likeness (QED) is 0.363. The van der Waals surface area contributed by atoms with Crippen LogP contribution in [0.5, 0.6) is 0 Å². The third-order valence-corrected chi connectivity index (χ3v) is 2.45. The number of rotatable bonds is 0. The van der Waals surface area contributed by atoms with Gasteiger partial charge in [-0.05, 0) is 31.9 Å². The molecule has 0 radical (unpaired) electrons. The third-order valence-electron chi connectivity index (χ3n) is 2.01. The van der Waals surface area contributed by atoms with Crippen molar-refractivity contribution in [1.82, 2.24) is 0 Å². The van der Waals surface area contributed by atoms with Gasteiger partial charge in [0.25, 0.3) is 0 Å². The molecule has 0 aliphatic rings. The molecule has 0 heterocycles. The van der Waals surface area contributed by atoms with Crippen molar-refractivity contribution in [2.75, 3.05) is 0 Å². The molecular weight excluding hydrogens is 147 g/mol. The van der Waals surface area contributed by atoms with E-state index >= 15 is 0 Å². The molecular formula is C9H11LiS. The first-order valence-electron chi connectivity index (χ1n) is 3.36. The number of hydrogen-bond acceptors (Lipinski definition) is 1. The van der Waals surface area contributed by atoms with E-state index in [1.807, 2.05) is 6.07 Å². The summed E-state index contributed by atoms with van der Waals surface area (Å²) in [5.41, 5.74) is 3.90. The second kappa shape index (κ2) is 4.16. The van der Waals surface area contributed by atoms with Gasteiger partial charge in [0, 0.05) is 0 Å². The molecule has 0 aliphatic carbocycles. The Labute approximate surface area is 86.0 Å². The van der Waals surface area contributed by atoms with Crippen LogP contribution in [-0.2, 0) is 12.6 Å². The summed E-state index contributed by atoms with van der Waals surface area (Å²) in [5.74, 6) is 0. The summed E-state index contributed by atoms with van der Waals surface area (Å²) < 4.78 is 0. The first-order chi connectivity index (χ1) is 4.63. The van der Waals surface area contributed by atoms with Crippen molar-refractivity contribution in [2.24, 2.45) is 0 Å². The molecule has 0 saturated carbocycles. The number of hydrogen-bond donors (Lipinski definition) is 0. The second-order valence-electron chi connectivity index (χ2n) is 2.63. The van der Waals surface area contributed by atoms with Crippen molar-refractivity contribution < 1.29 is 18.9 Å². The van der Waals surface area contributed by atoms with Crippen LogP contribution in [-0.4, -0.2) is 0 Å². The molecule has 0 spiro atoms. The maximum Gasteiger partial charge on any atom is 1.00 e. The topological polar surface area (TPSA) is 0 Å². The van der Waals surface area contributed by atoms with Gasteiger partial charge < -0.3 is 12.6 Å². The summed E-state index contributed by atoms with van der Waals surface area (Å²) in [6, 6.07) is 4.07. The molecule has 0 aliphatic heterocycles. The van der Waals surface area contributed by atoms with E-state index < -0.39 is 0 Å². The zero-order valence-corrected chi connectivity index (χ0v) is 8.38. The molecule has 1 rings (SSSR count). The van der Waals surface area contributed by atoms with E-state index in [9.17, 15) is 0 Å². The van der Waals surface area contributed by atoms with Gasteiger partial charge in [-0.1, -0.05) is 17.7 Å². The fourth-order valence-electron chi connectivity index (χ4n) is 0.931. The molecule has 0 nitrogen and oxygen atoms in total. The van der Waals surface area contributed by atoms with E-state index in [0.717, 1.165) is 4.90 Å². The van der Waals surface area contributed by atoms with Gasteiger partial charge in [-0.3, -0.25) is 0 Å². The zero-order valence-electron chi connectivity index (χ0n) is 7.56. The molecule has 0 aromatic heterocycles. The Morgan fingerprint density at radius 1 is 1.00 bits per heavy atom. The van der Waals surface area contributed by atoms with Gasteiger partial charge in [-0.25, -0.2) is 0 Å². The first kappa shape index (κ1) is 11.0. The fourth-order valence-corrected chi connectivity index (χ4v) is 1.15. The molecule has 0 saturated heterocycles. The van der Waals surface area contributed by atoms with Gasteiger partial charge in [0.1, 0.15) is 0 Å². The van der Waals surface area contributed by atoms with Crippen molar-refractivity contribution in [1.29, 1.82) is 0 Å². The van der Waals surface area contributed by atoms with Gasteiger partial charge in [-0.2, -0.15) is 4.90 Å². The van der Waals surface area contributed by atoms with Crippen molar-refractivity contribution >= 4 is 12.6 Å². The zero-order chi connectivity index (χ0) is 7.72. The first-order valence-corrected chi connectivity index (χ1v) is 3.77. The van der Waals surface area contributed by atoms with Crippen LogP contribution < -0.4 is 18.9 Å². The summed E-state index contributed by atoms with van der Waals surface area (Å²) in [6.07, 6.45) is 0. The maximum atomic E-state index is 5.10. The Kier molecular flexibility index (Phi) is 4.17. The van der Waals surface area contributed by atoms with Crippen LogP contribution in [0.15, 0.2) is 17.0 Å². The minimum absolute atomic E-state index is 0. The van der Waals surface area contributed by atoms with Crippen LogP contribution >= 0.6 is 0 Å². The van der Waals surface area contributed by atoms with Crippen LogP contribution in [0, 0.1) is 20.8 Å². The number of aryl methyl sites for hydroxylation is 1. The average Bonchev–Trinajstić information content (AvgIpc) is 1.93. The molecule has 0 atom stereocenters. The van der Waals surface area contributed by atoms with E-state index in [4.69, 9.17) is 12.6 Å². The Balaban J connectivity index is 0.000001000. The van der Waals surface area contributed by atoms with E-state index in [0.29, 0.717) is 0 Å². The van der Waals surface area contributed by atoms with Gasteiger partial charge in [0.2, 0.25) is 0 Å². The smallest absolute Gasteiger partial charge is 0.779 e. The van der Waals surface area contributed by atoms with Crippen LogP contribution in [0.1, 0.15) is 16.7 Å². The average molecular weight is 158 g/mol. The molecule has 2 heteroatoms. The monoisotopic (exact) mass is 158 g/mol. The van der Waals surface area contributed by atoms with Gasteiger partial charge in [0.05, 0.1) is 0 Å². The SMILES string of the molecule is Cc1ccc([S-])c(C)c1C.[Li+]. The summed E-state index contributed by atoms with van der Waals surface area (Å²) >= 11 is 5.10. The van der Waals surface area contributed by atoms with Gasteiger partial charge in [0.15, 0.2) is 0 Å². The summed E-state index contributed by atoms with van der Waals surface area (Å²) in [6.45, 7) is 6.29. The van der Waals surface area contributed by atoms with Crippen LogP contribution in [0.25, 0.3) is 0 Å². The molecule has 0 bridgehead atoms. The largest absolute Gasteiger partial charge is 1.00 e. The van der Waals surface area contributed by atoms with Crippen molar-refractivity contribution in [2.45, 2.75) is 25.7 Å². The molecule has 0 N–H and O–H groups in total. The van der Waals surface area contributed by atoms with Crippen molar-refractivity contribution in [3.63, 3.8) is 0 Å². The Hall–Kier alpha value is 0.0374. The predicted molar refractivity (Wildman–Crippen MR) is 46.3 cm³/mol. The second-order valence-corrected chi connectivity index (χ2v) is 3.07. The molecule has 0 fully saturated rings. The molecule has 0 amide bonds. The Morgan fingerprint density at radius 3 is 2.00 bits per heavy atom. The van der Waals surface area contributed by atoms with Gasteiger partial charge in [-0.15, -0.1) is 0 Å². The van der Waals surface area contributed by atoms with Crippen molar-refractivity contribution in [3.8, 4) is 0 Å². The number of benzene rings is 1. The van der Waals surface area contributed by atoms with Gasteiger partial charge >= 0.3 is 18.9 Å². The predicted octanol–water partition coefficient (Wildman–Crippen LogP) is -0.478. The molecule has 1 aromatic carbocycles. The maximum absolute atomic E-state index is 5.10. The summed E-state index contributed by atoms with van der Waals surface area (Å²) in [5, 5.41) is 0. The fraction of sp³-hybridized carbons (Fsp3) is 0.333. The van der Waals surface area contributed by atoms with E-state index in [-0.39, 0.29) is 18.9 Å². The van der Waals surface area contributed by atoms with Crippen LogP contribution in [0.2, 0.25) is 0 Å². The van der Waals surface area contributed by atoms with Crippen LogP contribution in [0.3, 0.4) is 0 Å². The standard InChI is InChI=1S/C9H12S.Li/c1-6-4-5-9(10)8(3)7(6)2;/h4-5,10H,1-3H3;/q;+1/p-1. The molecule has 1 aromatic rings. The van der Waals surface area contributed by atoms with Crippen molar-refractivity contribution in [3.05, 3.63) is 28.8 Å². The van der Waals surface area contributed by atoms with Crippen LogP contribution in [0.4, 0.5) is 0 Å². The molecule has 54 valence electrons. The third kappa shape index (κ3) is 2.23. The minimum atomic E-state index is 0. The Morgan fingerprint density at radius 2 is 1.55 bits per heavy atom. The normalized spacial score (nSPS) is 9.00. The van der Waals surface area contributed by atoms with E-state index in [1.54, 1.807) is 0 Å². The van der Waals surface area contributed by atoms with E-state index in [2.05, 4.69) is 26.8 Å². The molecule has 11 heavy (non-hydrogen) atoms. The Bertz CT molecular complexity index is 229. The summed E-state index contributed by atoms with van der Waals surface area (Å²) in [4.78, 5) is 0.975.